The molecule has 1 unspecified atom stereocenters. The lowest BCUT2D eigenvalue weighted by Gasteiger charge is -2.33. The summed E-state index contributed by atoms with van der Waals surface area (Å²) in [6.07, 6.45) is 7.58. The van der Waals surface area contributed by atoms with E-state index in [0.29, 0.717) is 12.5 Å². The molecule has 0 spiro atoms. The fraction of sp³-hybridized carbons (Fsp3) is 0.577. The molecule has 0 radical (unpaired) electrons. The van der Waals surface area contributed by atoms with Gasteiger partial charge >= 0.3 is 6.09 Å². The fourth-order valence-corrected chi connectivity index (χ4v) is 4.54. The maximum atomic E-state index is 12.2. The molecule has 1 aliphatic rings. The molecule has 1 saturated heterocycles. The van der Waals surface area contributed by atoms with Crippen LogP contribution in [0, 0.1) is 5.92 Å². The Bertz CT molecular complexity index is 1080. The van der Waals surface area contributed by atoms with Crippen LogP contribution in [0.5, 0.6) is 0 Å². The predicted molar refractivity (Wildman–Crippen MR) is 130 cm³/mol. The van der Waals surface area contributed by atoms with Crippen molar-refractivity contribution in [1.29, 1.82) is 0 Å². The fourth-order valence-electron chi connectivity index (χ4n) is 4.54. The van der Waals surface area contributed by atoms with E-state index in [9.17, 15) is 4.79 Å². The summed E-state index contributed by atoms with van der Waals surface area (Å²) in [6.45, 7) is 10.8. The first-order valence-corrected chi connectivity index (χ1v) is 12.1. The maximum Gasteiger partial charge on any atom is 0.410 e. The molecule has 1 aliphatic heterocycles. The van der Waals surface area contributed by atoms with Crippen LogP contribution < -0.4 is 0 Å². The van der Waals surface area contributed by atoms with Gasteiger partial charge in [-0.25, -0.2) is 9.78 Å². The summed E-state index contributed by atoms with van der Waals surface area (Å²) in [5.74, 6) is 0.591. The maximum absolute atomic E-state index is 12.2. The molecule has 7 heteroatoms. The summed E-state index contributed by atoms with van der Waals surface area (Å²) in [5, 5.41) is 1.13. The number of nitrogens with zero attached hydrogens (tertiary/aromatic N) is 4. The monoisotopic (exact) mass is 452 g/mol. The number of pyridine rings is 1. The normalized spacial score (nSPS) is 16.4. The number of likely N-dealkylation sites (tertiary alicyclic amines) is 1. The smallest absolute Gasteiger partial charge is 0.410 e. The minimum atomic E-state index is -0.443. The first-order chi connectivity index (χ1) is 15.9. The van der Waals surface area contributed by atoms with Gasteiger partial charge in [0, 0.05) is 25.1 Å². The van der Waals surface area contributed by atoms with E-state index in [1.54, 1.807) is 0 Å². The zero-order chi connectivity index (χ0) is 23.4. The van der Waals surface area contributed by atoms with Crippen LogP contribution in [-0.4, -0.2) is 57.4 Å². The highest BCUT2D eigenvalue weighted by Crippen LogP contribution is 2.27. The third-order valence-corrected chi connectivity index (χ3v) is 6.42. The van der Waals surface area contributed by atoms with Gasteiger partial charge in [0.15, 0.2) is 0 Å². The first-order valence-electron chi connectivity index (χ1n) is 12.1. The number of imidazole rings is 1. The van der Waals surface area contributed by atoms with Crippen molar-refractivity contribution in [2.75, 3.05) is 26.3 Å². The number of hydrogen-bond acceptors (Lipinski definition) is 5. The van der Waals surface area contributed by atoms with Crippen LogP contribution in [0.2, 0.25) is 0 Å². The molecule has 178 valence electrons. The predicted octanol–water partition coefficient (Wildman–Crippen LogP) is 5.59. The third-order valence-electron chi connectivity index (χ3n) is 6.42. The molecule has 1 atom stereocenters. The number of para-hydroxylation sites is 1. The van der Waals surface area contributed by atoms with Crippen LogP contribution in [0.15, 0.2) is 36.8 Å². The molecule has 7 nitrogen and oxygen atoms in total. The molecule has 3 aromatic rings. The number of hydrogen-bond donors (Lipinski definition) is 0. The van der Waals surface area contributed by atoms with Crippen LogP contribution in [0.1, 0.15) is 59.4 Å². The van der Waals surface area contributed by atoms with Crippen molar-refractivity contribution >= 4 is 28.0 Å². The second kappa shape index (κ2) is 10.1. The average molecular weight is 453 g/mol. The van der Waals surface area contributed by atoms with Gasteiger partial charge < -0.3 is 18.9 Å². The number of fused-ring (bicyclic) bond motifs is 3. The zero-order valence-electron chi connectivity index (χ0n) is 20.3. The summed E-state index contributed by atoms with van der Waals surface area (Å²) < 4.78 is 13.9. The van der Waals surface area contributed by atoms with Gasteiger partial charge in [-0.1, -0.05) is 25.1 Å². The Hall–Kier alpha value is -2.67. The van der Waals surface area contributed by atoms with E-state index in [1.807, 2.05) is 56.4 Å². The van der Waals surface area contributed by atoms with Gasteiger partial charge in [-0.15, -0.1) is 0 Å². The molecule has 0 aliphatic carbocycles. The van der Waals surface area contributed by atoms with Crippen molar-refractivity contribution < 1.29 is 14.3 Å². The lowest BCUT2D eigenvalue weighted by molar-refractivity contribution is 0.0163. The lowest BCUT2D eigenvalue weighted by Crippen LogP contribution is -2.41. The van der Waals surface area contributed by atoms with Crippen LogP contribution >= 0.6 is 0 Å². The number of rotatable bonds is 7. The number of ether oxygens (including phenoxy) is 2. The minimum absolute atomic E-state index is 0.196. The van der Waals surface area contributed by atoms with Crippen molar-refractivity contribution in [2.45, 2.75) is 65.0 Å². The summed E-state index contributed by atoms with van der Waals surface area (Å²) in [6, 6.07) is 8.44. The molecule has 0 saturated carbocycles. The van der Waals surface area contributed by atoms with Gasteiger partial charge in [-0.2, -0.15) is 0 Å². The molecule has 1 aromatic carbocycles. The molecular weight excluding hydrogens is 416 g/mol. The van der Waals surface area contributed by atoms with E-state index in [0.717, 1.165) is 67.3 Å². The topological polar surface area (TPSA) is 69.5 Å². The van der Waals surface area contributed by atoms with Crippen molar-refractivity contribution in [2.24, 2.45) is 5.92 Å². The van der Waals surface area contributed by atoms with E-state index in [-0.39, 0.29) is 12.1 Å². The molecule has 0 bridgehead atoms. The van der Waals surface area contributed by atoms with Gasteiger partial charge in [0.05, 0.1) is 36.2 Å². The number of amides is 1. The van der Waals surface area contributed by atoms with Gasteiger partial charge in [-0.05, 0) is 58.4 Å². The number of carbonyl (C=O) groups excluding carboxylic acids is 1. The molecular formula is C26H36N4O3. The van der Waals surface area contributed by atoms with Gasteiger partial charge in [0.2, 0.25) is 0 Å². The second-order valence-electron chi connectivity index (χ2n) is 10.00. The summed E-state index contributed by atoms with van der Waals surface area (Å²) in [4.78, 5) is 23.2. The zero-order valence-corrected chi connectivity index (χ0v) is 20.3. The van der Waals surface area contributed by atoms with Crippen molar-refractivity contribution in [1.82, 2.24) is 19.4 Å². The average Bonchev–Trinajstić information content (AvgIpc) is 3.23. The van der Waals surface area contributed by atoms with E-state index < -0.39 is 5.60 Å². The minimum Gasteiger partial charge on any atom is -0.444 e. The molecule has 2 aromatic heterocycles. The Morgan fingerprint density at radius 2 is 1.91 bits per heavy atom. The van der Waals surface area contributed by atoms with E-state index >= 15 is 0 Å². The quantitative estimate of drug-likeness (QED) is 0.437. The van der Waals surface area contributed by atoms with Crippen LogP contribution in [-0.2, 0) is 9.47 Å². The van der Waals surface area contributed by atoms with E-state index in [4.69, 9.17) is 9.47 Å². The van der Waals surface area contributed by atoms with Crippen molar-refractivity contribution in [3.05, 3.63) is 36.8 Å². The summed E-state index contributed by atoms with van der Waals surface area (Å²) >= 11 is 0. The number of benzene rings is 1. The number of piperidine rings is 1. The highest BCUT2D eigenvalue weighted by Gasteiger charge is 2.26. The second-order valence-corrected chi connectivity index (χ2v) is 10.00. The van der Waals surface area contributed by atoms with E-state index in [1.165, 1.54) is 0 Å². The number of aromatic nitrogens is 3. The SMILES string of the molecule is CCC(COCCC1CCN(C(=O)OC(C)(C)C)CC1)n1cnc2cnc3ccccc3c21. The molecule has 33 heavy (non-hydrogen) atoms. The van der Waals surface area contributed by atoms with Gasteiger partial charge in [-0.3, -0.25) is 4.98 Å². The first kappa shape index (κ1) is 23.5. The Balaban J connectivity index is 1.28. The highest BCUT2D eigenvalue weighted by molar-refractivity contribution is 6.01. The number of carbonyl (C=O) groups is 1. The van der Waals surface area contributed by atoms with Crippen LogP contribution in [0.25, 0.3) is 21.9 Å². The Morgan fingerprint density at radius 1 is 1.15 bits per heavy atom. The van der Waals surface area contributed by atoms with Crippen molar-refractivity contribution in [3.8, 4) is 0 Å². The Kier molecular flexibility index (Phi) is 7.17. The Morgan fingerprint density at radius 3 is 2.64 bits per heavy atom. The van der Waals surface area contributed by atoms with Crippen molar-refractivity contribution in [3.63, 3.8) is 0 Å². The molecule has 1 amide bonds. The molecule has 4 rings (SSSR count). The summed E-state index contributed by atoms with van der Waals surface area (Å²) in [7, 11) is 0. The molecule has 0 N–H and O–H groups in total. The van der Waals surface area contributed by atoms with Gasteiger partial charge in [0.1, 0.15) is 11.1 Å². The van der Waals surface area contributed by atoms with E-state index in [2.05, 4.69) is 27.5 Å². The van der Waals surface area contributed by atoms with Crippen LogP contribution in [0.3, 0.4) is 0 Å². The van der Waals surface area contributed by atoms with Gasteiger partial charge in [0.25, 0.3) is 0 Å². The molecule has 1 fully saturated rings. The largest absolute Gasteiger partial charge is 0.444 e. The van der Waals surface area contributed by atoms with Crippen LogP contribution in [0.4, 0.5) is 4.79 Å². The standard InChI is InChI=1S/C26H36N4O3/c1-5-20(30-18-28-23-16-27-22-9-7-6-8-21(22)24(23)30)17-32-15-12-19-10-13-29(14-11-19)25(31)33-26(2,3)4/h6-9,16,18-20H,5,10-15,17H2,1-4H3. The summed E-state index contributed by atoms with van der Waals surface area (Å²) in [5.41, 5.74) is 2.59. The lowest BCUT2D eigenvalue weighted by atomic mass is 9.94. The Labute approximate surface area is 196 Å². The molecule has 3 heterocycles. The third kappa shape index (κ3) is 5.64. The highest BCUT2D eigenvalue weighted by atomic mass is 16.6.